The second-order valence-corrected chi connectivity index (χ2v) is 3.15. The minimum Gasteiger partial charge on any atom is -0.481 e. The van der Waals surface area contributed by atoms with Gasteiger partial charge in [-0.25, -0.2) is 8.78 Å². The molecule has 76 valence electrons. The first-order valence-electron chi connectivity index (χ1n) is 4.12. The van der Waals surface area contributed by atoms with Crippen LogP contribution in [0.4, 0.5) is 8.78 Å². The van der Waals surface area contributed by atoms with Gasteiger partial charge in [0.1, 0.15) is 11.6 Å². The molecule has 0 saturated heterocycles. The number of hydrogen-bond donors (Lipinski definition) is 1. The topological polar surface area (TPSA) is 37.3 Å². The number of rotatable bonds is 2. The van der Waals surface area contributed by atoms with Gasteiger partial charge in [-0.2, -0.15) is 0 Å². The normalized spacial score (nSPS) is 12.6. The summed E-state index contributed by atoms with van der Waals surface area (Å²) < 4.78 is 26.5. The highest BCUT2D eigenvalue weighted by Crippen LogP contribution is 2.24. The summed E-state index contributed by atoms with van der Waals surface area (Å²) in [4.78, 5) is 10.6. The van der Waals surface area contributed by atoms with Gasteiger partial charge in [0, 0.05) is 5.56 Å². The smallest absolute Gasteiger partial charge is 0.310 e. The second-order valence-electron chi connectivity index (χ2n) is 3.15. The summed E-state index contributed by atoms with van der Waals surface area (Å²) in [7, 11) is 0. The van der Waals surface area contributed by atoms with Crippen LogP contribution in [-0.2, 0) is 4.79 Å². The van der Waals surface area contributed by atoms with Crippen molar-refractivity contribution in [1.29, 1.82) is 0 Å². The molecule has 0 aromatic heterocycles. The summed E-state index contributed by atoms with van der Waals surface area (Å²) >= 11 is 0. The van der Waals surface area contributed by atoms with Crippen molar-refractivity contribution in [2.45, 2.75) is 19.8 Å². The van der Waals surface area contributed by atoms with Gasteiger partial charge in [0.15, 0.2) is 0 Å². The molecule has 1 rings (SSSR count). The lowest BCUT2D eigenvalue weighted by Gasteiger charge is -2.10. The predicted molar refractivity (Wildman–Crippen MR) is 47.1 cm³/mol. The van der Waals surface area contributed by atoms with Crippen molar-refractivity contribution in [2.24, 2.45) is 0 Å². The van der Waals surface area contributed by atoms with Crippen molar-refractivity contribution in [3.8, 4) is 0 Å². The van der Waals surface area contributed by atoms with Crippen LogP contribution in [0.3, 0.4) is 0 Å². The average molecular weight is 200 g/mol. The van der Waals surface area contributed by atoms with Gasteiger partial charge in [0.05, 0.1) is 5.92 Å². The third-order valence-corrected chi connectivity index (χ3v) is 2.12. The quantitative estimate of drug-likeness (QED) is 0.796. The standard InChI is InChI=1S/C10H10F2O2/c1-5-3-4-7(11)8(9(5)12)6(2)10(13)14/h3-4,6H,1-2H3,(H,13,14). The molecule has 0 aliphatic heterocycles. The van der Waals surface area contributed by atoms with Crippen molar-refractivity contribution < 1.29 is 18.7 Å². The van der Waals surface area contributed by atoms with Crippen molar-refractivity contribution in [1.82, 2.24) is 0 Å². The van der Waals surface area contributed by atoms with E-state index >= 15 is 0 Å². The van der Waals surface area contributed by atoms with E-state index in [0.717, 1.165) is 6.07 Å². The summed E-state index contributed by atoms with van der Waals surface area (Å²) in [6.45, 7) is 2.72. The number of aliphatic carboxylic acids is 1. The minimum atomic E-state index is -1.24. The maximum Gasteiger partial charge on any atom is 0.310 e. The SMILES string of the molecule is Cc1ccc(F)c(C(C)C(=O)O)c1F. The first kappa shape index (κ1) is 10.6. The molecule has 0 heterocycles. The summed E-state index contributed by atoms with van der Waals surface area (Å²) in [5, 5.41) is 8.64. The molecule has 1 aromatic rings. The Kier molecular flexibility index (Phi) is 2.84. The number of carbonyl (C=O) groups is 1. The van der Waals surface area contributed by atoms with E-state index in [0.29, 0.717) is 0 Å². The molecule has 4 heteroatoms. The maximum absolute atomic E-state index is 13.4. The van der Waals surface area contributed by atoms with Crippen molar-refractivity contribution in [3.63, 3.8) is 0 Å². The molecular weight excluding hydrogens is 190 g/mol. The zero-order valence-corrected chi connectivity index (χ0v) is 7.84. The van der Waals surface area contributed by atoms with E-state index in [9.17, 15) is 13.6 Å². The molecule has 2 nitrogen and oxygen atoms in total. The van der Waals surface area contributed by atoms with Crippen LogP contribution >= 0.6 is 0 Å². The van der Waals surface area contributed by atoms with Crippen LogP contribution in [-0.4, -0.2) is 11.1 Å². The fraction of sp³-hybridized carbons (Fsp3) is 0.300. The largest absolute Gasteiger partial charge is 0.481 e. The molecule has 0 aliphatic rings. The fourth-order valence-corrected chi connectivity index (χ4v) is 1.20. The van der Waals surface area contributed by atoms with Crippen LogP contribution < -0.4 is 0 Å². The summed E-state index contributed by atoms with van der Waals surface area (Å²) in [5.41, 5.74) is -0.132. The van der Waals surface area contributed by atoms with E-state index in [2.05, 4.69) is 0 Å². The highest BCUT2D eigenvalue weighted by molar-refractivity contribution is 5.75. The van der Waals surface area contributed by atoms with Crippen LogP contribution in [0.1, 0.15) is 24.0 Å². The Labute approximate surface area is 80.2 Å². The number of carboxylic acid groups (broad SMARTS) is 1. The van der Waals surface area contributed by atoms with E-state index in [1.807, 2.05) is 0 Å². The molecule has 0 fully saturated rings. The van der Waals surface area contributed by atoms with Gasteiger partial charge in [-0.05, 0) is 25.5 Å². The van der Waals surface area contributed by atoms with Crippen molar-refractivity contribution >= 4 is 5.97 Å². The molecule has 0 radical (unpaired) electrons. The number of benzene rings is 1. The third-order valence-electron chi connectivity index (χ3n) is 2.12. The number of carboxylic acids is 1. The van der Waals surface area contributed by atoms with Crippen molar-refractivity contribution in [3.05, 3.63) is 34.9 Å². The minimum absolute atomic E-state index is 0.245. The van der Waals surface area contributed by atoms with Crippen LogP contribution in [0.2, 0.25) is 0 Å². The van der Waals surface area contributed by atoms with Gasteiger partial charge < -0.3 is 5.11 Å². The first-order chi connectivity index (χ1) is 6.45. The number of halogens is 2. The van der Waals surface area contributed by atoms with E-state index in [4.69, 9.17) is 5.11 Å². The summed E-state index contributed by atoms with van der Waals surface area (Å²) in [6.07, 6.45) is 0. The zero-order valence-electron chi connectivity index (χ0n) is 7.84. The Morgan fingerprint density at radius 2 is 2.00 bits per heavy atom. The first-order valence-corrected chi connectivity index (χ1v) is 4.12. The molecule has 1 N–H and O–H groups in total. The molecule has 1 aromatic carbocycles. The molecule has 0 saturated carbocycles. The lowest BCUT2D eigenvalue weighted by molar-refractivity contribution is -0.138. The monoisotopic (exact) mass is 200 g/mol. The number of aryl methyl sites for hydroxylation is 1. The Morgan fingerprint density at radius 1 is 1.43 bits per heavy atom. The molecule has 0 spiro atoms. The summed E-state index contributed by atoms with van der Waals surface area (Å²) in [6, 6.07) is 2.36. The highest BCUT2D eigenvalue weighted by atomic mass is 19.1. The molecule has 1 unspecified atom stereocenters. The van der Waals surface area contributed by atoms with Gasteiger partial charge in [-0.15, -0.1) is 0 Å². The Morgan fingerprint density at radius 3 is 2.50 bits per heavy atom. The van der Waals surface area contributed by atoms with E-state index in [1.165, 1.54) is 19.9 Å². The Bertz CT molecular complexity index is 375. The third kappa shape index (κ3) is 1.73. The van der Waals surface area contributed by atoms with Crippen LogP contribution in [0.15, 0.2) is 12.1 Å². The van der Waals surface area contributed by atoms with E-state index in [1.54, 1.807) is 0 Å². The van der Waals surface area contributed by atoms with Gasteiger partial charge >= 0.3 is 5.97 Å². The van der Waals surface area contributed by atoms with Gasteiger partial charge in [0.25, 0.3) is 0 Å². The van der Waals surface area contributed by atoms with E-state index < -0.39 is 23.5 Å². The van der Waals surface area contributed by atoms with Crippen molar-refractivity contribution in [2.75, 3.05) is 0 Å². The van der Waals surface area contributed by atoms with Crippen LogP contribution in [0.25, 0.3) is 0 Å². The van der Waals surface area contributed by atoms with Gasteiger partial charge in [0.2, 0.25) is 0 Å². The molecule has 1 atom stereocenters. The molecule has 14 heavy (non-hydrogen) atoms. The van der Waals surface area contributed by atoms with Gasteiger partial charge in [-0.1, -0.05) is 6.07 Å². The predicted octanol–water partition coefficient (Wildman–Crippen LogP) is 2.46. The molecule has 0 aliphatic carbocycles. The summed E-state index contributed by atoms with van der Waals surface area (Å²) in [5.74, 6) is -4.01. The Balaban J connectivity index is 3.32. The van der Waals surface area contributed by atoms with E-state index in [-0.39, 0.29) is 11.1 Å². The molecule has 0 bridgehead atoms. The van der Waals surface area contributed by atoms with Gasteiger partial charge in [-0.3, -0.25) is 4.79 Å². The zero-order chi connectivity index (χ0) is 10.9. The second kappa shape index (κ2) is 3.74. The lowest BCUT2D eigenvalue weighted by Crippen LogP contribution is -2.12. The van der Waals surface area contributed by atoms with Crippen LogP contribution in [0.5, 0.6) is 0 Å². The molecule has 0 amide bonds. The Hall–Kier alpha value is -1.45. The average Bonchev–Trinajstić information content (AvgIpc) is 2.12. The lowest BCUT2D eigenvalue weighted by atomic mass is 9.98. The van der Waals surface area contributed by atoms with Crippen LogP contribution in [0, 0.1) is 18.6 Å². The molecular formula is C10H10F2O2. The fourth-order valence-electron chi connectivity index (χ4n) is 1.20. The highest BCUT2D eigenvalue weighted by Gasteiger charge is 2.22. The number of hydrogen-bond acceptors (Lipinski definition) is 1. The maximum atomic E-state index is 13.4.